The molecular weight excluding hydrogens is 220 g/mol. The maximum atomic E-state index is 10.0. The van der Waals surface area contributed by atoms with Gasteiger partial charge >= 0.3 is 0 Å². The van der Waals surface area contributed by atoms with E-state index in [9.17, 15) is 5.11 Å². The highest BCUT2D eigenvalue weighted by atomic mass is 16.5. The van der Waals surface area contributed by atoms with Crippen molar-refractivity contribution in [2.45, 2.75) is 12.5 Å². The molecule has 1 atom stereocenters. The maximum Gasteiger partial charge on any atom is 0.212 e. The average Bonchev–Trinajstić information content (AvgIpc) is 2.75. The molecule has 0 aromatic carbocycles. The zero-order valence-electron chi connectivity index (χ0n) is 9.74. The van der Waals surface area contributed by atoms with Gasteiger partial charge in [0.2, 0.25) is 5.88 Å². The molecular formula is C11H14N4O2. The summed E-state index contributed by atoms with van der Waals surface area (Å²) in [6.07, 6.45) is 2.83. The molecule has 0 radical (unpaired) electrons. The van der Waals surface area contributed by atoms with E-state index in [-0.39, 0.29) is 0 Å². The SMILES string of the molecule is COc1ccc(C(O)Cc2ncnn2C)cn1. The Labute approximate surface area is 98.9 Å². The Morgan fingerprint density at radius 1 is 1.41 bits per heavy atom. The van der Waals surface area contributed by atoms with Crippen molar-refractivity contribution < 1.29 is 9.84 Å². The van der Waals surface area contributed by atoms with Crippen LogP contribution in [0.4, 0.5) is 0 Å². The molecule has 0 amide bonds. The molecule has 2 rings (SSSR count). The first kappa shape index (κ1) is 11.5. The minimum absolute atomic E-state index is 0.407. The van der Waals surface area contributed by atoms with Gasteiger partial charge in [-0.25, -0.2) is 9.97 Å². The fraction of sp³-hybridized carbons (Fsp3) is 0.364. The van der Waals surface area contributed by atoms with Crippen molar-refractivity contribution in [2.75, 3.05) is 7.11 Å². The average molecular weight is 234 g/mol. The van der Waals surface area contributed by atoms with Crippen LogP contribution in [0.5, 0.6) is 5.88 Å². The van der Waals surface area contributed by atoms with Crippen molar-refractivity contribution in [2.24, 2.45) is 7.05 Å². The van der Waals surface area contributed by atoms with Crippen LogP contribution in [0.15, 0.2) is 24.7 Å². The number of hydrogen-bond donors (Lipinski definition) is 1. The lowest BCUT2D eigenvalue weighted by atomic mass is 10.1. The summed E-state index contributed by atoms with van der Waals surface area (Å²) in [6, 6.07) is 3.50. The van der Waals surface area contributed by atoms with Gasteiger partial charge < -0.3 is 9.84 Å². The van der Waals surface area contributed by atoms with Crippen molar-refractivity contribution >= 4 is 0 Å². The monoisotopic (exact) mass is 234 g/mol. The van der Waals surface area contributed by atoms with Crippen LogP contribution < -0.4 is 4.74 Å². The van der Waals surface area contributed by atoms with Gasteiger partial charge in [-0.05, 0) is 11.6 Å². The molecule has 2 heterocycles. The number of nitrogens with zero attached hydrogens (tertiary/aromatic N) is 4. The van der Waals surface area contributed by atoms with Crippen molar-refractivity contribution in [1.82, 2.24) is 19.7 Å². The molecule has 1 N–H and O–H groups in total. The van der Waals surface area contributed by atoms with Crippen molar-refractivity contribution in [3.8, 4) is 5.88 Å². The van der Waals surface area contributed by atoms with Crippen LogP contribution in [0, 0.1) is 0 Å². The number of aryl methyl sites for hydroxylation is 1. The number of pyridine rings is 1. The third-order valence-electron chi connectivity index (χ3n) is 2.53. The molecule has 6 heteroatoms. The fourth-order valence-electron chi connectivity index (χ4n) is 1.51. The van der Waals surface area contributed by atoms with E-state index in [2.05, 4.69) is 15.1 Å². The van der Waals surface area contributed by atoms with Crippen LogP contribution >= 0.6 is 0 Å². The first-order chi connectivity index (χ1) is 8.20. The third kappa shape index (κ3) is 2.59. The molecule has 0 bridgehead atoms. The number of aliphatic hydroxyl groups is 1. The second kappa shape index (κ2) is 4.92. The Bertz CT molecular complexity index is 480. The standard InChI is InChI=1S/C11H14N4O2/c1-15-10(13-7-14-15)5-9(16)8-3-4-11(17-2)12-6-8/h3-4,6-7,9,16H,5H2,1-2H3. The normalized spacial score (nSPS) is 12.4. The van der Waals surface area contributed by atoms with Gasteiger partial charge in [0.15, 0.2) is 0 Å². The number of ether oxygens (including phenoxy) is 1. The zero-order valence-corrected chi connectivity index (χ0v) is 9.74. The van der Waals surface area contributed by atoms with Crippen LogP contribution in [-0.2, 0) is 13.5 Å². The van der Waals surface area contributed by atoms with Gasteiger partial charge in [0.1, 0.15) is 12.2 Å². The van der Waals surface area contributed by atoms with Gasteiger partial charge in [0.25, 0.3) is 0 Å². The van der Waals surface area contributed by atoms with E-state index in [1.165, 1.54) is 6.33 Å². The zero-order chi connectivity index (χ0) is 12.3. The quantitative estimate of drug-likeness (QED) is 0.833. The van der Waals surface area contributed by atoms with E-state index in [1.54, 1.807) is 37.2 Å². The predicted molar refractivity (Wildman–Crippen MR) is 60.5 cm³/mol. The molecule has 0 aliphatic carbocycles. The molecule has 0 saturated heterocycles. The highest BCUT2D eigenvalue weighted by molar-refractivity contribution is 5.20. The topological polar surface area (TPSA) is 73.1 Å². The summed E-state index contributed by atoms with van der Waals surface area (Å²) in [5, 5.41) is 14.0. The molecule has 2 aromatic rings. The molecule has 0 saturated carbocycles. The smallest absolute Gasteiger partial charge is 0.212 e. The maximum absolute atomic E-state index is 10.0. The van der Waals surface area contributed by atoms with Gasteiger partial charge in [-0.1, -0.05) is 0 Å². The lowest BCUT2D eigenvalue weighted by Gasteiger charge is -2.10. The van der Waals surface area contributed by atoms with Crippen molar-refractivity contribution in [3.05, 3.63) is 36.0 Å². The van der Waals surface area contributed by atoms with E-state index >= 15 is 0 Å². The van der Waals surface area contributed by atoms with E-state index in [4.69, 9.17) is 4.74 Å². The molecule has 17 heavy (non-hydrogen) atoms. The molecule has 0 aliphatic heterocycles. The number of hydrogen-bond acceptors (Lipinski definition) is 5. The summed E-state index contributed by atoms with van der Waals surface area (Å²) in [6.45, 7) is 0. The Hall–Kier alpha value is -1.95. The van der Waals surface area contributed by atoms with Gasteiger partial charge in [0, 0.05) is 25.7 Å². The first-order valence-electron chi connectivity index (χ1n) is 5.21. The van der Waals surface area contributed by atoms with Crippen LogP contribution in [-0.4, -0.2) is 32.0 Å². The molecule has 1 unspecified atom stereocenters. The number of rotatable bonds is 4. The van der Waals surface area contributed by atoms with Crippen LogP contribution in [0.1, 0.15) is 17.5 Å². The Morgan fingerprint density at radius 3 is 2.76 bits per heavy atom. The Kier molecular flexibility index (Phi) is 3.34. The lowest BCUT2D eigenvalue weighted by Crippen LogP contribution is -2.08. The molecule has 90 valence electrons. The van der Waals surface area contributed by atoms with Gasteiger partial charge in [-0.2, -0.15) is 5.10 Å². The molecule has 0 spiro atoms. The van der Waals surface area contributed by atoms with Gasteiger partial charge in [-0.3, -0.25) is 4.68 Å². The molecule has 0 aliphatic rings. The highest BCUT2D eigenvalue weighted by Crippen LogP contribution is 2.17. The molecule has 0 fully saturated rings. The first-order valence-corrected chi connectivity index (χ1v) is 5.21. The van der Waals surface area contributed by atoms with E-state index in [1.807, 2.05) is 0 Å². The summed E-state index contributed by atoms with van der Waals surface area (Å²) in [7, 11) is 3.35. The van der Waals surface area contributed by atoms with Crippen LogP contribution in [0.2, 0.25) is 0 Å². The number of aliphatic hydroxyl groups excluding tert-OH is 1. The summed E-state index contributed by atoms with van der Waals surface area (Å²) in [4.78, 5) is 8.11. The van der Waals surface area contributed by atoms with Gasteiger partial charge in [0.05, 0.1) is 13.2 Å². The summed E-state index contributed by atoms with van der Waals surface area (Å²) >= 11 is 0. The summed E-state index contributed by atoms with van der Waals surface area (Å²) in [5.74, 6) is 1.26. The van der Waals surface area contributed by atoms with Crippen LogP contribution in [0.25, 0.3) is 0 Å². The predicted octanol–water partition coefficient (Wildman–Crippen LogP) is 0.495. The largest absolute Gasteiger partial charge is 0.481 e. The van der Waals surface area contributed by atoms with Crippen molar-refractivity contribution in [1.29, 1.82) is 0 Å². The highest BCUT2D eigenvalue weighted by Gasteiger charge is 2.12. The van der Waals surface area contributed by atoms with E-state index in [0.717, 1.165) is 11.4 Å². The lowest BCUT2D eigenvalue weighted by molar-refractivity contribution is 0.174. The summed E-state index contributed by atoms with van der Waals surface area (Å²) in [5.41, 5.74) is 0.730. The van der Waals surface area contributed by atoms with Gasteiger partial charge in [-0.15, -0.1) is 0 Å². The van der Waals surface area contributed by atoms with E-state index < -0.39 is 6.10 Å². The minimum Gasteiger partial charge on any atom is -0.481 e. The minimum atomic E-state index is -0.642. The second-order valence-electron chi connectivity index (χ2n) is 3.65. The third-order valence-corrected chi connectivity index (χ3v) is 2.53. The fourth-order valence-corrected chi connectivity index (χ4v) is 1.51. The second-order valence-corrected chi connectivity index (χ2v) is 3.65. The number of aromatic nitrogens is 4. The molecule has 6 nitrogen and oxygen atoms in total. The van der Waals surface area contributed by atoms with Crippen LogP contribution in [0.3, 0.4) is 0 Å². The summed E-state index contributed by atoms with van der Waals surface area (Å²) < 4.78 is 6.59. The van der Waals surface area contributed by atoms with Crippen molar-refractivity contribution in [3.63, 3.8) is 0 Å². The van der Waals surface area contributed by atoms with E-state index in [0.29, 0.717) is 12.3 Å². The molecule has 2 aromatic heterocycles. The Balaban J connectivity index is 2.09. The Morgan fingerprint density at radius 2 is 2.24 bits per heavy atom. The number of methoxy groups -OCH3 is 1.